The summed E-state index contributed by atoms with van der Waals surface area (Å²) in [6.45, 7) is 8.82. The van der Waals surface area contributed by atoms with Crippen molar-refractivity contribution in [2.24, 2.45) is 7.05 Å². The minimum Gasteiger partial charge on any atom is -0.482 e. The van der Waals surface area contributed by atoms with Gasteiger partial charge in [0.25, 0.3) is 5.91 Å². The van der Waals surface area contributed by atoms with Gasteiger partial charge in [-0.25, -0.2) is 4.79 Å². The van der Waals surface area contributed by atoms with Gasteiger partial charge in [0.15, 0.2) is 12.7 Å². The third-order valence-electron chi connectivity index (χ3n) is 3.99. The quantitative estimate of drug-likeness (QED) is 0.802. The molecule has 0 aliphatic heterocycles. The summed E-state index contributed by atoms with van der Waals surface area (Å²) in [6, 6.07) is 5.69. The summed E-state index contributed by atoms with van der Waals surface area (Å²) < 4.78 is 12.3. The second kappa shape index (κ2) is 8.03. The summed E-state index contributed by atoms with van der Waals surface area (Å²) in [6.07, 6.45) is -0.940. The van der Waals surface area contributed by atoms with E-state index in [1.807, 2.05) is 39.0 Å². The number of nitrogens with zero attached hydrogens (tertiary/aromatic N) is 2. The van der Waals surface area contributed by atoms with Crippen molar-refractivity contribution in [3.63, 3.8) is 0 Å². The number of nitrogens with one attached hydrogen (secondary N) is 1. The van der Waals surface area contributed by atoms with E-state index in [-0.39, 0.29) is 6.61 Å². The average Bonchev–Trinajstić information content (AvgIpc) is 2.78. The minimum absolute atomic E-state index is 0.258. The topological polar surface area (TPSA) is 82.4 Å². The lowest BCUT2D eigenvalue weighted by Gasteiger charge is -2.14. The van der Waals surface area contributed by atoms with Crippen LogP contribution in [0.25, 0.3) is 0 Å². The Labute approximate surface area is 153 Å². The lowest BCUT2D eigenvalue weighted by atomic mass is 10.1. The highest BCUT2D eigenvalue weighted by atomic mass is 16.6. The number of esters is 1. The molecular weight excluding hydrogens is 334 g/mol. The van der Waals surface area contributed by atoms with Crippen LogP contribution >= 0.6 is 0 Å². The monoisotopic (exact) mass is 359 g/mol. The Morgan fingerprint density at radius 3 is 2.31 bits per heavy atom. The van der Waals surface area contributed by atoms with E-state index in [9.17, 15) is 9.59 Å². The van der Waals surface area contributed by atoms with Crippen molar-refractivity contribution in [3.8, 4) is 5.75 Å². The number of aryl methyl sites for hydroxylation is 4. The van der Waals surface area contributed by atoms with Crippen LogP contribution in [0.2, 0.25) is 0 Å². The highest BCUT2D eigenvalue weighted by Gasteiger charge is 2.21. The predicted octanol–water partition coefficient (Wildman–Crippen LogP) is 2.60. The largest absolute Gasteiger partial charge is 0.482 e. The van der Waals surface area contributed by atoms with E-state index in [2.05, 4.69) is 10.4 Å². The maximum absolute atomic E-state index is 12.3. The normalized spacial score (nSPS) is 11.8. The number of hydrogen-bond acceptors (Lipinski definition) is 5. The number of rotatable bonds is 6. The predicted molar refractivity (Wildman–Crippen MR) is 98.3 cm³/mol. The highest BCUT2D eigenvalue weighted by Crippen LogP contribution is 2.19. The van der Waals surface area contributed by atoms with Crippen LogP contribution in [0.15, 0.2) is 18.2 Å². The number of ether oxygens (including phenoxy) is 2. The maximum Gasteiger partial charge on any atom is 0.344 e. The van der Waals surface area contributed by atoms with Crippen LogP contribution in [0.3, 0.4) is 0 Å². The van der Waals surface area contributed by atoms with Crippen molar-refractivity contribution in [2.75, 3.05) is 11.9 Å². The first-order valence-corrected chi connectivity index (χ1v) is 8.39. The molecule has 0 aliphatic carbocycles. The molecule has 1 aromatic carbocycles. The van der Waals surface area contributed by atoms with Gasteiger partial charge in [0.05, 0.1) is 17.1 Å². The molecule has 1 heterocycles. The van der Waals surface area contributed by atoms with E-state index in [0.29, 0.717) is 17.1 Å². The molecule has 0 fully saturated rings. The third kappa shape index (κ3) is 4.84. The molecular formula is C19H25N3O4. The Morgan fingerprint density at radius 2 is 1.77 bits per heavy atom. The van der Waals surface area contributed by atoms with E-state index in [1.165, 1.54) is 6.92 Å². The lowest BCUT2D eigenvalue weighted by molar-refractivity contribution is -0.155. The van der Waals surface area contributed by atoms with Gasteiger partial charge >= 0.3 is 5.97 Å². The molecule has 26 heavy (non-hydrogen) atoms. The zero-order valence-electron chi connectivity index (χ0n) is 16.0. The van der Waals surface area contributed by atoms with Gasteiger partial charge in [-0.05, 0) is 57.9 Å². The molecule has 1 N–H and O–H groups in total. The van der Waals surface area contributed by atoms with Crippen LogP contribution in [-0.4, -0.2) is 34.4 Å². The van der Waals surface area contributed by atoms with Crippen molar-refractivity contribution in [3.05, 3.63) is 40.7 Å². The summed E-state index contributed by atoms with van der Waals surface area (Å²) in [7, 11) is 1.80. The van der Waals surface area contributed by atoms with Gasteiger partial charge < -0.3 is 14.8 Å². The van der Waals surface area contributed by atoms with Crippen molar-refractivity contribution in [2.45, 2.75) is 40.7 Å². The molecule has 0 radical (unpaired) electrons. The smallest absolute Gasteiger partial charge is 0.344 e. The van der Waals surface area contributed by atoms with E-state index < -0.39 is 18.0 Å². The first-order valence-electron chi connectivity index (χ1n) is 8.39. The fraction of sp³-hybridized carbons (Fsp3) is 0.421. The van der Waals surface area contributed by atoms with Gasteiger partial charge in [-0.3, -0.25) is 9.48 Å². The fourth-order valence-corrected chi connectivity index (χ4v) is 2.62. The van der Waals surface area contributed by atoms with Gasteiger partial charge in [-0.15, -0.1) is 0 Å². The molecule has 140 valence electrons. The molecule has 7 nitrogen and oxygen atoms in total. The zero-order valence-corrected chi connectivity index (χ0v) is 16.0. The molecule has 1 atom stereocenters. The number of carbonyl (C=O) groups is 2. The summed E-state index contributed by atoms with van der Waals surface area (Å²) in [5.41, 5.74) is 4.25. The first kappa shape index (κ1) is 19.5. The average molecular weight is 359 g/mol. The van der Waals surface area contributed by atoms with Gasteiger partial charge in [-0.2, -0.15) is 5.10 Å². The summed E-state index contributed by atoms with van der Waals surface area (Å²) in [5, 5.41) is 6.99. The van der Waals surface area contributed by atoms with Crippen LogP contribution in [0, 0.1) is 27.7 Å². The highest BCUT2D eigenvalue weighted by molar-refractivity contribution is 5.96. The Hall–Kier alpha value is -2.83. The zero-order chi connectivity index (χ0) is 19.4. The minimum atomic E-state index is -0.940. The van der Waals surface area contributed by atoms with E-state index in [0.717, 1.165) is 16.8 Å². The molecule has 2 rings (SSSR count). The first-order chi connectivity index (χ1) is 12.2. The SMILES string of the molecule is Cc1cc(C)cc(OCC(=O)O[C@@H](C)C(=O)Nc2c(C)nn(C)c2C)c1. The van der Waals surface area contributed by atoms with Gasteiger partial charge in [0, 0.05) is 7.05 Å². The molecule has 0 saturated heterocycles. The van der Waals surface area contributed by atoms with E-state index in [1.54, 1.807) is 18.7 Å². The summed E-state index contributed by atoms with van der Waals surface area (Å²) in [5.74, 6) is -0.423. The van der Waals surface area contributed by atoms with Crippen LogP contribution in [0.1, 0.15) is 29.4 Å². The second-order valence-corrected chi connectivity index (χ2v) is 6.40. The van der Waals surface area contributed by atoms with Crippen molar-refractivity contribution in [1.29, 1.82) is 0 Å². The number of benzene rings is 1. The van der Waals surface area contributed by atoms with E-state index >= 15 is 0 Å². The summed E-state index contributed by atoms with van der Waals surface area (Å²) >= 11 is 0. The molecule has 0 unspecified atom stereocenters. The number of carbonyl (C=O) groups excluding carboxylic acids is 2. The molecule has 0 bridgehead atoms. The third-order valence-corrected chi connectivity index (χ3v) is 3.99. The van der Waals surface area contributed by atoms with Crippen molar-refractivity contribution >= 4 is 17.6 Å². The number of hydrogen-bond donors (Lipinski definition) is 1. The van der Waals surface area contributed by atoms with E-state index in [4.69, 9.17) is 9.47 Å². The Morgan fingerprint density at radius 1 is 1.15 bits per heavy atom. The van der Waals surface area contributed by atoms with Crippen LogP contribution in [0.4, 0.5) is 5.69 Å². The number of anilines is 1. The summed E-state index contributed by atoms with van der Waals surface area (Å²) in [4.78, 5) is 24.2. The van der Waals surface area contributed by atoms with Gasteiger partial charge in [0.1, 0.15) is 5.75 Å². The second-order valence-electron chi connectivity index (χ2n) is 6.40. The molecule has 0 saturated carbocycles. The van der Waals surface area contributed by atoms with Crippen LogP contribution in [-0.2, 0) is 21.4 Å². The Bertz CT molecular complexity index is 806. The van der Waals surface area contributed by atoms with Crippen LogP contribution < -0.4 is 10.1 Å². The molecule has 1 amide bonds. The lowest BCUT2D eigenvalue weighted by Crippen LogP contribution is -2.32. The molecule has 7 heteroatoms. The standard InChI is InChI=1S/C19H25N3O4/c1-11-7-12(2)9-16(8-11)25-10-17(23)26-15(5)19(24)20-18-13(3)21-22(6)14(18)4/h7-9,15H,10H2,1-6H3,(H,20,24)/t15-/m0/s1. The van der Waals surface area contributed by atoms with Gasteiger partial charge in [-0.1, -0.05) is 6.07 Å². The van der Waals surface area contributed by atoms with Crippen LogP contribution in [0.5, 0.6) is 5.75 Å². The number of amides is 1. The molecule has 1 aromatic heterocycles. The molecule has 2 aromatic rings. The molecule has 0 spiro atoms. The van der Waals surface area contributed by atoms with Crippen molar-refractivity contribution in [1.82, 2.24) is 9.78 Å². The Balaban J connectivity index is 1.88. The van der Waals surface area contributed by atoms with Crippen molar-refractivity contribution < 1.29 is 19.1 Å². The van der Waals surface area contributed by atoms with Gasteiger partial charge in [0.2, 0.25) is 0 Å². The fourth-order valence-electron chi connectivity index (χ4n) is 2.62. The molecule has 0 aliphatic rings. The number of aromatic nitrogens is 2. The maximum atomic E-state index is 12.3. The Kier molecular flexibility index (Phi) is 6.02.